The van der Waals surface area contributed by atoms with Gasteiger partial charge in [-0.05, 0) is 36.5 Å². The van der Waals surface area contributed by atoms with Crippen molar-refractivity contribution in [2.75, 3.05) is 13.7 Å². The molecule has 2 aliphatic rings. The van der Waals surface area contributed by atoms with Gasteiger partial charge in [-0.25, -0.2) is 4.98 Å². The minimum absolute atomic E-state index is 0.0504. The predicted molar refractivity (Wildman–Crippen MR) is 89.9 cm³/mol. The van der Waals surface area contributed by atoms with E-state index >= 15 is 0 Å². The number of aryl methyl sites for hydroxylation is 2. The fourth-order valence-electron chi connectivity index (χ4n) is 3.70. The zero-order valence-electron chi connectivity index (χ0n) is 13.8. The average molecular weight is 326 g/mol. The normalized spacial score (nSPS) is 18.8. The van der Waals surface area contributed by atoms with Crippen LogP contribution in [0, 0.1) is 0 Å². The monoisotopic (exact) mass is 326 g/mol. The van der Waals surface area contributed by atoms with Crippen molar-refractivity contribution in [3.8, 4) is 5.75 Å². The number of ether oxygens (including phenoxy) is 1. The summed E-state index contributed by atoms with van der Waals surface area (Å²) in [4.78, 5) is 20.0. The van der Waals surface area contributed by atoms with Crippen LogP contribution in [-0.4, -0.2) is 29.5 Å². The number of rotatable bonds is 4. The molecule has 6 heteroatoms. The summed E-state index contributed by atoms with van der Waals surface area (Å²) in [5, 5.41) is 6.27. The number of nitrogens with zero attached hydrogens (tertiary/aromatic N) is 1. The summed E-state index contributed by atoms with van der Waals surface area (Å²) < 4.78 is 5.51. The fourth-order valence-corrected chi connectivity index (χ4v) is 3.70. The van der Waals surface area contributed by atoms with E-state index in [2.05, 4.69) is 32.7 Å². The molecule has 24 heavy (non-hydrogen) atoms. The topological polar surface area (TPSA) is 79.0 Å². The summed E-state index contributed by atoms with van der Waals surface area (Å²) in [7, 11) is 1.68. The maximum absolute atomic E-state index is 12.6. The molecule has 1 aliphatic carbocycles. The van der Waals surface area contributed by atoms with E-state index in [-0.39, 0.29) is 11.9 Å². The molecule has 2 heterocycles. The van der Waals surface area contributed by atoms with Crippen molar-refractivity contribution >= 4 is 5.91 Å². The number of H-pyrrole nitrogens is 1. The molecule has 0 spiro atoms. The van der Waals surface area contributed by atoms with Gasteiger partial charge in [0.2, 0.25) is 5.91 Å². The maximum atomic E-state index is 12.6. The third kappa shape index (κ3) is 2.67. The van der Waals surface area contributed by atoms with E-state index < -0.39 is 0 Å². The van der Waals surface area contributed by atoms with E-state index in [1.165, 1.54) is 17.5 Å². The van der Waals surface area contributed by atoms with Crippen LogP contribution in [0.15, 0.2) is 18.5 Å². The Hall–Kier alpha value is -2.34. The van der Waals surface area contributed by atoms with E-state index in [4.69, 9.17) is 4.74 Å². The molecule has 0 bridgehead atoms. The van der Waals surface area contributed by atoms with Crippen molar-refractivity contribution in [2.45, 2.75) is 38.3 Å². The van der Waals surface area contributed by atoms with E-state index in [1.807, 2.05) is 0 Å². The number of aromatic nitrogens is 2. The zero-order chi connectivity index (χ0) is 16.5. The molecular weight excluding hydrogens is 304 g/mol. The SMILES string of the molecule is COc1cc2c(cc1CNC(=O)C1NCCc3[nH]cnc31)CCC2. The first-order valence-corrected chi connectivity index (χ1v) is 8.48. The Balaban J connectivity index is 1.49. The Bertz CT molecular complexity index is 768. The van der Waals surface area contributed by atoms with Crippen LogP contribution in [-0.2, 0) is 30.6 Å². The Morgan fingerprint density at radius 1 is 1.33 bits per heavy atom. The molecule has 3 N–H and O–H groups in total. The Labute approximate surface area is 141 Å². The predicted octanol–water partition coefficient (Wildman–Crippen LogP) is 1.41. The van der Waals surface area contributed by atoms with Crippen molar-refractivity contribution in [1.29, 1.82) is 0 Å². The molecule has 1 aromatic carbocycles. The summed E-state index contributed by atoms with van der Waals surface area (Å²) in [5.74, 6) is 0.804. The first-order chi connectivity index (χ1) is 11.8. The molecule has 0 saturated carbocycles. The second kappa shape index (κ2) is 6.28. The van der Waals surface area contributed by atoms with Crippen molar-refractivity contribution < 1.29 is 9.53 Å². The van der Waals surface area contributed by atoms with E-state index in [1.54, 1.807) is 13.4 Å². The Morgan fingerprint density at radius 3 is 3.00 bits per heavy atom. The lowest BCUT2D eigenvalue weighted by Crippen LogP contribution is -2.41. The van der Waals surface area contributed by atoms with E-state index in [9.17, 15) is 4.79 Å². The van der Waals surface area contributed by atoms with Gasteiger partial charge in [-0.1, -0.05) is 6.07 Å². The lowest BCUT2D eigenvalue weighted by atomic mass is 10.0. The molecule has 0 saturated heterocycles. The highest BCUT2D eigenvalue weighted by Crippen LogP contribution is 2.30. The zero-order valence-corrected chi connectivity index (χ0v) is 13.8. The third-order valence-corrected chi connectivity index (χ3v) is 4.96. The molecule has 6 nitrogen and oxygen atoms in total. The molecule has 1 amide bonds. The number of aromatic amines is 1. The molecule has 4 rings (SSSR count). The Kier molecular flexibility index (Phi) is 3.98. The molecule has 1 unspecified atom stereocenters. The maximum Gasteiger partial charge on any atom is 0.243 e. The summed E-state index contributed by atoms with van der Waals surface area (Å²) in [6.07, 6.45) is 5.95. The number of carbonyl (C=O) groups is 1. The molecule has 0 radical (unpaired) electrons. The minimum atomic E-state index is -0.388. The number of methoxy groups -OCH3 is 1. The van der Waals surface area contributed by atoms with Crippen molar-refractivity contribution in [3.05, 3.63) is 46.5 Å². The van der Waals surface area contributed by atoms with Gasteiger partial charge in [-0.3, -0.25) is 4.79 Å². The molecule has 1 aromatic heterocycles. The lowest BCUT2D eigenvalue weighted by molar-refractivity contribution is -0.123. The number of amides is 1. The summed E-state index contributed by atoms with van der Waals surface area (Å²) >= 11 is 0. The number of nitrogens with one attached hydrogen (secondary N) is 3. The van der Waals surface area contributed by atoms with Crippen LogP contribution in [0.3, 0.4) is 0 Å². The highest BCUT2D eigenvalue weighted by molar-refractivity contribution is 5.83. The first kappa shape index (κ1) is 15.2. The van der Waals surface area contributed by atoms with Crippen molar-refractivity contribution in [2.24, 2.45) is 0 Å². The summed E-state index contributed by atoms with van der Waals surface area (Å²) in [6, 6.07) is 3.91. The smallest absolute Gasteiger partial charge is 0.243 e. The largest absolute Gasteiger partial charge is 0.496 e. The number of imidazole rings is 1. The van der Waals surface area contributed by atoms with Gasteiger partial charge in [0.1, 0.15) is 11.8 Å². The average Bonchev–Trinajstić information content (AvgIpc) is 3.26. The second-order valence-corrected chi connectivity index (χ2v) is 6.41. The van der Waals surface area contributed by atoms with Crippen molar-refractivity contribution in [3.63, 3.8) is 0 Å². The summed E-state index contributed by atoms with van der Waals surface area (Å²) in [6.45, 7) is 1.24. The van der Waals surface area contributed by atoms with Crippen LogP contribution in [0.25, 0.3) is 0 Å². The molecule has 1 atom stereocenters. The number of hydrogen-bond donors (Lipinski definition) is 3. The number of benzene rings is 1. The van der Waals surface area contributed by atoms with Crippen LogP contribution < -0.4 is 15.4 Å². The quantitative estimate of drug-likeness (QED) is 0.794. The number of hydrogen-bond acceptors (Lipinski definition) is 4. The standard InChI is InChI=1S/C18H22N4O2/c1-24-15-8-12-4-2-3-11(12)7-13(15)9-20-18(23)17-16-14(5-6-19-17)21-10-22-16/h7-8,10,17,19H,2-6,9H2,1H3,(H,20,23)(H,21,22). The van der Waals surface area contributed by atoms with Gasteiger partial charge in [0.15, 0.2) is 0 Å². The summed E-state index contributed by atoms with van der Waals surface area (Å²) in [5.41, 5.74) is 5.63. The van der Waals surface area contributed by atoms with Gasteiger partial charge in [0.25, 0.3) is 0 Å². The van der Waals surface area contributed by atoms with Gasteiger partial charge < -0.3 is 20.4 Å². The van der Waals surface area contributed by atoms with Gasteiger partial charge >= 0.3 is 0 Å². The van der Waals surface area contributed by atoms with Crippen molar-refractivity contribution in [1.82, 2.24) is 20.6 Å². The van der Waals surface area contributed by atoms with Crippen LogP contribution in [0.1, 0.15) is 40.5 Å². The van der Waals surface area contributed by atoms with Gasteiger partial charge in [0.05, 0.1) is 19.1 Å². The van der Waals surface area contributed by atoms with Gasteiger partial charge in [-0.2, -0.15) is 0 Å². The van der Waals surface area contributed by atoms with Crippen LogP contribution in [0.4, 0.5) is 0 Å². The van der Waals surface area contributed by atoms with E-state index in [0.717, 1.165) is 48.5 Å². The molecule has 2 aromatic rings. The van der Waals surface area contributed by atoms with Gasteiger partial charge in [0, 0.05) is 30.8 Å². The van der Waals surface area contributed by atoms with Gasteiger partial charge in [-0.15, -0.1) is 0 Å². The van der Waals surface area contributed by atoms with Crippen LogP contribution >= 0.6 is 0 Å². The lowest BCUT2D eigenvalue weighted by Gasteiger charge is -2.22. The number of fused-ring (bicyclic) bond motifs is 2. The molecule has 0 fully saturated rings. The Morgan fingerprint density at radius 2 is 2.17 bits per heavy atom. The highest BCUT2D eigenvalue weighted by Gasteiger charge is 2.28. The number of carbonyl (C=O) groups excluding carboxylic acids is 1. The molecule has 1 aliphatic heterocycles. The molecular formula is C18H22N4O2. The first-order valence-electron chi connectivity index (χ1n) is 8.48. The fraction of sp³-hybridized carbons (Fsp3) is 0.444. The second-order valence-electron chi connectivity index (χ2n) is 6.41. The van der Waals surface area contributed by atoms with Crippen LogP contribution in [0.5, 0.6) is 5.75 Å². The molecule has 126 valence electrons. The van der Waals surface area contributed by atoms with E-state index in [0.29, 0.717) is 6.54 Å². The minimum Gasteiger partial charge on any atom is -0.496 e. The highest BCUT2D eigenvalue weighted by atomic mass is 16.5. The third-order valence-electron chi connectivity index (χ3n) is 4.96. The van der Waals surface area contributed by atoms with Crippen LogP contribution in [0.2, 0.25) is 0 Å².